The van der Waals surface area contributed by atoms with Gasteiger partial charge in [-0.3, -0.25) is 4.98 Å². The zero-order valence-electron chi connectivity index (χ0n) is 16.9. The number of anilines is 3. The van der Waals surface area contributed by atoms with Crippen LogP contribution in [-0.2, 0) is 0 Å². The Balaban J connectivity index is 1.99. The summed E-state index contributed by atoms with van der Waals surface area (Å²) in [5.41, 5.74) is 1.36. The number of hydrogen-bond acceptors (Lipinski definition) is 7. The monoisotopic (exact) mass is 433 g/mol. The maximum atomic E-state index is 12.8. The van der Waals surface area contributed by atoms with E-state index in [4.69, 9.17) is 0 Å². The number of ether oxygens (including phenoxy) is 1. The quantitative estimate of drug-likeness (QED) is 0.478. The predicted molar refractivity (Wildman–Crippen MR) is 111 cm³/mol. The minimum atomic E-state index is -4.83. The highest BCUT2D eigenvalue weighted by Crippen LogP contribution is 2.32. The molecule has 2 heterocycles. The Morgan fingerprint density at radius 3 is 2.42 bits per heavy atom. The largest absolute Gasteiger partial charge is 0.573 e. The third kappa shape index (κ3) is 6.29. The van der Waals surface area contributed by atoms with E-state index in [1.54, 1.807) is 36.7 Å². The Morgan fingerprint density at radius 1 is 1.06 bits per heavy atom. The number of para-hydroxylation sites is 2. The molecule has 3 aromatic rings. The Kier molecular flexibility index (Phi) is 6.91. The topological polar surface area (TPSA) is 92.2 Å². The zero-order valence-corrected chi connectivity index (χ0v) is 16.9. The van der Waals surface area contributed by atoms with Crippen LogP contribution in [-0.4, -0.2) is 39.1 Å². The molecule has 2 aromatic heterocycles. The molecule has 1 atom stereocenters. The molecule has 0 aliphatic carbocycles. The van der Waals surface area contributed by atoms with Crippen molar-refractivity contribution >= 4 is 17.5 Å². The van der Waals surface area contributed by atoms with E-state index in [1.165, 1.54) is 18.2 Å². The molecule has 0 unspecified atom stereocenters. The molecular weight excluding hydrogens is 411 g/mol. The van der Waals surface area contributed by atoms with Crippen molar-refractivity contribution in [3.8, 4) is 17.0 Å². The van der Waals surface area contributed by atoms with Crippen molar-refractivity contribution < 1.29 is 23.0 Å². The summed E-state index contributed by atoms with van der Waals surface area (Å²) in [7, 11) is 0. The Bertz CT molecular complexity index is 1000. The van der Waals surface area contributed by atoms with Gasteiger partial charge in [0.25, 0.3) is 0 Å². The van der Waals surface area contributed by atoms with Crippen molar-refractivity contribution in [3.05, 3.63) is 54.9 Å². The summed E-state index contributed by atoms with van der Waals surface area (Å²) in [5.74, 6) is 0.182. The summed E-state index contributed by atoms with van der Waals surface area (Å²) in [6.45, 7) is 3.74. The van der Waals surface area contributed by atoms with Gasteiger partial charge in [-0.25, -0.2) is 4.98 Å². The van der Waals surface area contributed by atoms with Crippen LogP contribution in [0.4, 0.5) is 30.6 Å². The average Bonchev–Trinajstić information content (AvgIpc) is 2.73. The first-order valence-corrected chi connectivity index (χ1v) is 9.54. The van der Waals surface area contributed by atoms with Crippen LogP contribution in [0.5, 0.6) is 5.75 Å². The molecular formula is C21H22F3N5O2. The number of nitrogens with one attached hydrogen (secondary N) is 2. The number of nitrogens with zero attached hydrogens (tertiary/aromatic N) is 3. The summed E-state index contributed by atoms with van der Waals surface area (Å²) in [5, 5.41) is 15.6. The lowest BCUT2D eigenvalue weighted by Crippen LogP contribution is -2.30. The van der Waals surface area contributed by atoms with Crippen LogP contribution in [0.3, 0.4) is 0 Å². The highest BCUT2D eigenvalue weighted by atomic mass is 19.4. The third-order valence-corrected chi connectivity index (χ3v) is 4.39. The third-order valence-electron chi connectivity index (χ3n) is 4.39. The van der Waals surface area contributed by atoms with Crippen LogP contribution in [0.2, 0.25) is 0 Å². The second-order valence-electron chi connectivity index (χ2n) is 7.04. The predicted octanol–water partition coefficient (Wildman–Crippen LogP) is 4.61. The van der Waals surface area contributed by atoms with Gasteiger partial charge in [0, 0.05) is 24.0 Å². The maximum Gasteiger partial charge on any atom is 0.573 e. The summed E-state index contributed by atoms with van der Waals surface area (Å²) in [4.78, 5) is 12.8. The van der Waals surface area contributed by atoms with Gasteiger partial charge in [0.05, 0.1) is 24.0 Å². The van der Waals surface area contributed by atoms with Gasteiger partial charge in [-0.1, -0.05) is 26.0 Å². The lowest BCUT2D eigenvalue weighted by atomic mass is 10.1. The number of aliphatic hydroxyl groups excluding tert-OH is 1. The number of halogens is 3. The van der Waals surface area contributed by atoms with Crippen molar-refractivity contribution in [2.24, 2.45) is 5.92 Å². The normalized spacial score (nSPS) is 12.5. The SMILES string of the molecule is CC(C)[C@@H](CO)Nc1nc(Nc2ccccc2OC(F)(F)F)cc(-c2ccncc2)n1. The smallest absolute Gasteiger partial charge is 0.404 e. The van der Waals surface area contributed by atoms with Crippen molar-refractivity contribution in [1.82, 2.24) is 15.0 Å². The van der Waals surface area contributed by atoms with Crippen LogP contribution in [0, 0.1) is 5.92 Å². The summed E-state index contributed by atoms with van der Waals surface area (Å²) < 4.78 is 42.4. The van der Waals surface area contributed by atoms with Gasteiger partial charge >= 0.3 is 6.36 Å². The summed E-state index contributed by atoms with van der Waals surface area (Å²) >= 11 is 0. The van der Waals surface area contributed by atoms with E-state index in [9.17, 15) is 18.3 Å². The van der Waals surface area contributed by atoms with Gasteiger partial charge in [0.15, 0.2) is 5.75 Å². The van der Waals surface area contributed by atoms with Crippen LogP contribution in [0.1, 0.15) is 13.8 Å². The molecule has 0 aliphatic heterocycles. The molecule has 0 saturated carbocycles. The van der Waals surface area contributed by atoms with E-state index in [1.807, 2.05) is 13.8 Å². The maximum absolute atomic E-state index is 12.8. The van der Waals surface area contributed by atoms with E-state index in [0.29, 0.717) is 5.69 Å². The molecule has 10 heteroatoms. The van der Waals surface area contributed by atoms with Crippen molar-refractivity contribution in [2.45, 2.75) is 26.3 Å². The Morgan fingerprint density at radius 2 is 1.77 bits per heavy atom. The standard InChI is InChI=1S/C21H22F3N5O2/c1-13(2)17(12-30)28-20-27-16(14-7-9-25-10-8-14)11-19(29-20)26-15-5-3-4-6-18(15)31-21(22,23)24/h3-11,13,17,30H,12H2,1-2H3,(H2,26,27,28,29)/t17-/m1/s1. The first-order valence-electron chi connectivity index (χ1n) is 9.54. The summed E-state index contributed by atoms with van der Waals surface area (Å²) in [6, 6.07) is 10.5. The van der Waals surface area contributed by atoms with Crippen molar-refractivity contribution in [3.63, 3.8) is 0 Å². The molecule has 0 spiro atoms. The van der Waals surface area contributed by atoms with Crippen LogP contribution < -0.4 is 15.4 Å². The number of rotatable bonds is 8. The molecule has 0 amide bonds. The zero-order chi connectivity index (χ0) is 22.4. The fraction of sp³-hybridized carbons (Fsp3) is 0.286. The van der Waals surface area contributed by atoms with Gasteiger partial charge < -0.3 is 20.5 Å². The Hall–Kier alpha value is -3.40. The first-order chi connectivity index (χ1) is 14.7. The average molecular weight is 433 g/mol. The minimum Gasteiger partial charge on any atom is -0.404 e. The van der Waals surface area contributed by atoms with E-state index in [-0.39, 0.29) is 41.8 Å². The van der Waals surface area contributed by atoms with Gasteiger partial charge in [0.2, 0.25) is 5.95 Å². The van der Waals surface area contributed by atoms with Crippen LogP contribution in [0.15, 0.2) is 54.9 Å². The number of pyridine rings is 1. The molecule has 0 aliphatic rings. The van der Waals surface area contributed by atoms with Crippen LogP contribution >= 0.6 is 0 Å². The lowest BCUT2D eigenvalue weighted by Gasteiger charge is -2.21. The van der Waals surface area contributed by atoms with E-state index in [2.05, 4.69) is 30.3 Å². The highest BCUT2D eigenvalue weighted by molar-refractivity contribution is 5.69. The number of alkyl halides is 3. The fourth-order valence-electron chi connectivity index (χ4n) is 2.76. The second-order valence-corrected chi connectivity index (χ2v) is 7.04. The van der Waals surface area contributed by atoms with Gasteiger partial charge in [-0.05, 0) is 30.2 Å². The number of hydrogen-bond donors (Lipinski definition) is 3. The molecule has 31 heavy (non-hydrogen) atoms. The first kappa shape index (κ1) is 22.3. The van der Waals surface area contributed by atoms with Gasteiger partial charge in [-0.15, -0.1) is 13.2 Å². The molecule has 3 rings (SSSR count). The molecule has 0 radical (unpaired) electrons. The second kappa shape index (κ2) is 9.61. The number of aliphatic hydroxyl groups is 1. The fourth-order valence-corrected chi connectivity index (χ4v) is 2.76. The van der Waals surface area contributed by atoms with E-state index < -0.39 is 6.36 Å². The number of benzene rings is 1. The summed E-state index contributed by atoms with van der Waals surface area (Å²) in [6.07, 6.45) is -1.62. The molecule has 7 nitrogen and oxygen atoms in total. The van der Waals surface area contributed by atoms with E-state index >= 15 is 0 Å². The lowest BCUT2D eigenvalue weighted by molar-refractivity contribution is -0.274. The minimum absolute atomic E-state index is 0.0905. The molecule has 0 bridgehead atoms. The van der Waals surface area contributed by atoms with Gasteiger partial charge in [0.1, 0.15) is 5.82 Å². The van der Waals surface area contributed by atoms with Crippen molar-refractivity contribution in [1.29, 1.82) is 0 Å². The number of aromatic nitrogens is 3. The van der Waals surface area contributed by atoms with E-state index in [0.717, 1.165) is 5.56 Å². The molecule has 3 N–H and O–H groups in total. The van der Waals surface area contributed by atoms with Crippen LogP contribution in [0.25, 0.3) is 11.3 Å². The Labute approximate surface area is 177 Å². The highest BCUT2D eigenvalue weighted by Gasteiger charge is 2.32. The molecule has 164 valence electrons. The molecule has 0 saturated heterocycles. The van der Waals surface area contributed by atoms with Crippen molar-refractivity contribution in [2.75, 3.05) is 17.2 Å². The molecule has 0 fully saturated rings. The molecule has 1 aromatic carbocycles. The van der Waals surface area contributed by atoms with Gasteiger partial charge in [-0.2, -0.15) is 4.98 Å².